The van der Waals surface area contributed by atoms with Crippen LogP contribution in [-0.2, 0) is 0 Å². The third kappa shape index (κ3) is 5.22. The van der Waals surface area contributed by atoms with Crippen molar-refractivity contribution < 1.29 is 0 Å². The summed E-state index contributed by atoms with van der Waals surface area (Å²) in [6.07, 6.45) is 1.81. The molecule has 0 atom stereocenters. The smallest absolute Gasteiger partial charge is 0.0596 e. The van der Waals surface area contributed by atoms with Gasteiger partial charge in [0.15, 0.2) is 0 Å². The molecule has 1 heterocycles. The highest BCUT2D eigenvalue weighted by Gasteiger charge is 2.15. The molecule has 1 aliphatic heterocycles. The number of nitrogens with one attached hydrogen (secondary N) is 2. The van der Waals surface area contributed by atoms with Crippen molar-refractivity contribution >= 4 is 0 Å². The van der Waals surface area contributed by atoms with Crippen molar-refractivity contribution in [3.63, 3.8) is 0 Å². The molecule has 0 radical (unpaired) electrons. The molecule has 1 aliphatic rings. The van der Waals surface area contributed by atoms with Crippen molar-refractivity contribution in [2.24, 2.45) is 5.92 Å². The Bertz CT molecular complexity index is 75.6. The lowest BCUT2D eigenvalue weighted by Crippen LogP contribution is -2.35. The first-order valence-electron chi connectivity index (χ1n) is 4.69. The van der Waals surface area contributed by atoms with Gasteiger partial charge >= 0.3 is 0 Å². The van der Waals surface area contributed by atoms with Gasteiger partial charge in [-0.05, 0) is 5.92 Å². The Morgan fingerprint density at radius 1 is 1.18 bits per heavy atom. The van der Waals surface area contributed by atoms with Gasteiger partial charge in [0.25, 0.3) is 0 Å². The van der Waals surface area contributed by atoms with Crippen molar-refractivity contribution in [1.82, 2.24) is 10.6 Å². The van der Waals surface area contributed by atoms with E-state index in [2.05, 4.69) is 38.3 Å². The van der Waals surface area contributed by atoms with Crippen LogP contribution in [0.1, 0.15) is 34.1 Å². The minimum atomic E-state index is 0.565. The van der Waals surface area contributed by atoms with Crippen molar-refractivity contribution in [2.75, 3.05) is 13.1 Å². The van der Waals surface area contributed by atoms with E-state index >= 15 is 0 Å². The topological polar surface area (TPSA) is 24.1 Å². The van der Waals surface area contributed by atoms with Gasteiger partial charge in [0.1, 0.15) is 0 Å². The monoisotopic (exact) mass is 158 g/mol. The normalized spacial score (nSPS) is 18.3. The Hall–Kier alpha value is -0.0800. The summed E-state index contributed by atoms with van der Waals surface area (Å²) in [7, 11) is 0. The van der Waals surface area contributed by atoms with Crippen molar-refractivity contribution in [3.8, 4) is 0 Å². The van der Waals surface area contributed by atoms with Crippen molar-refractivity contribution in [3.05, 3.63) is 0 Å². The fourth-order valence-electron chi connectivity index (χ4n) is 0.999. The van der Waals surface area contributed by atoms with E-state index in [1.807, 2.05) is 0 Å². The summed E-state index contributed by atoms with van der Waals surface area (Å²) in [5, 5.41) is 6.69. The molecule has 0 unspecified atom stereocenters. The van der Waals surface area contributed by atoms with E-state index in [4.69, 9.17) is 0 Å². The molecule has 1 fully saturated rings. The molecule has 2 N–H and O–H groups in total. The summed E-state index contributed by atoms with van der Waals surface area (Å²) in [6, 6.07) is 0. The third-order valence-corrected chi connectivity index (χ3v) is 1.52. The van der Waals surface area contributed by atoms with Crippen molar-refractivity contribution in [1.29, 1.82) is 0 Å². The quantitative estimate of drug-likeness (QED) is 0.605. The predicted molar refractivity (Wildman–Crippen MR) is 50.6 cm³/mol. The van der Waals surface area contributed by atoms with Gasteiger partial charge in [-0.3, -0.25) is 0 Å². The SMILES string of the molecule is CC(C)C1NCCN1.CCC. The lowest BCUT2D eigenvalue weighted by molar-refractivity contribution is 0.416. The van der Waals surface area contributed by atoms with Crippen LogP contribution >= 0.6 is 0 Å². The van der Waals surface area contributed by atoms with E-state index in [-0.39, 0.29) is 0 Å². The van der Waals surface area contributed by atoms with E-state index in [0.717, 1.165) is 19.0 Å². The summed E-state index contributed by atoms with van der Waals surface area (Å²) >= 11 is 0. The van der Waals surface area contributed by atoms with E-state index in [1.165, 1.54) is 6.42 Å². The molecule has 0 aromatic carbocycles. The maximum atomic E-state index is 3.34. The second kappa shape index (κ2) is 6.62. The highest BCUT2D eigenvalue weighted by molar-refractivity contribution is 4.74. The van der Waals surface area contributed by atoms with E-state index in [1.54, 1.807) is 0 Å². The van der Waals surface area contributed by atoms with E-state index in [0.29, 0.717) is 6.17 Å². The van der Waals surface area contributed by atoms with Gasteiger partial charge in [0.2, 0.25) is 0 Å². The highest BCUT2D eigenvalue weighted by Crippen LogP contribution is 1.99. The Kier molecular flexibility index (Phi) is 6.57. The van der Waals surface area contributed by atoms with E-state index in [9.17, 15) is 0 Å². The fourth-order valence-corrected chi connectivity index (χ4v) is 0.999. The van der Waals surface area contributed by atoms with Crippen LogP contribution in [0.3, 0.4) is 0 Å². The van der Waals surface area contributed by atoms with Crippen LogP contribution in [0.5, 0.6) is 0 Å². The first kappa shape index (κ1) is 10.9. The first-order valence-corrected chi connectivity index (χ1v) is 4.69. The fraction of sp³-hybridized carbons (Fsp3) is 1.00. The Balaban J connectivity index is 0.000000292. The summed E-state index contributed by atoms with van der Waals surface area (Å²) in [4.78, 5) is 0. The zero-order valence-electron chi connectivity index (χ0n) is 8.28. The zero-order chi connectivity index (χ0) is 8.69. The molecule has 0 bridgehead atoms. The van der Waals surface area contributed by atoms with Crippen LogP contribution in [0, 0.1) is 5.92 Å². The van der Waals surface area contributed by atoms with Gasteiger partial charge < -0.3 is 10.6 Å². The van der Waals surface area contributed by atoms with Gasteiger partial charge in [-0.25, -0.2) is 0 Å². The molecule has 2 nitrogen and oxygen atoms in total. The minimum absolute atomic E-state index is 0.565. The minimum Gasteiger partial charge on any atom is -0.300 e. The summed E-state index contributed by atoms with van der Waals surface area (Å²) < 4.78 is 0. The number of hydrogen-bond donors (Lipinski definition) is 2. The van der Waals surface area contributed by atoms with Crippen molar-refractivity contribution in [2.45, 2.75) is 40.3 Å². The first-order chi connectivity index (χ1) is 5.22. The molecule has 11 heavy (non-hydrogen) atoms. The van der Waals surface area contributed by atoms with Gasteiger partial charge in [-0.15, -0.1) is 0 Å². The molecule has 0 aromatic rings. The zero-order valence-corrected chi connectivity index (χ0v) is 8.28. The molecule has 0 spiro atoms. The van der Waals surface area contributed by atoms with Crippen LogP contribution in [0.15, 0.2) is 0 Å². The lowest BCUT2D eigenvalue weighted by Gasteiger charge is -2.13. The van der Waals surface area contributed by atoms with Gasteiger partial charge in [0.05, 0.1) is 6.17 Å². The van der Waals surface area contributed by atoms with Gasteiger partial charge in [0, 0.05) is 13.1 Å². The van der Waals surface area contributed by atoms with Gasteiger partial charge in [-0.2, -0.15) is 0 Å². The highest BCUT2D eigenvalue weighted by atomic mass is 15.2. The molecule has 1 saturated heterocycles. The van der Waals surface area contributed by atoms with Gasteiger partial charge in [-0.1, -0.05) is 34.1 Å². The molecule has 1 rings (SSSR count). The second-order valence-corrected chi connectivity index (χ2v) is 3.34. The summed E-state index contributed by atoms with van der Waals surface area (Å²) in [6.45, 7) is 10.9. The number of hydrogen-bond acceptors (Lipinski definition) is 2. The molecule has 2 heteroatoms. The van der Waals surface area contributed by atoms with Crippen LogP contribution in [0.4, 0.5) is 0 Å². The summed E-state index contributed by atoms with van der Waals surface area (Å²) in [5.41, 5.74) is 0. The van der Waals surface area contributed by atoms with E-state index < -0.39 is 0 Å². The maximum Gasteiger partial charge on any atom is 0.0596 e. The predicted octanol–water partition coefficient (Wildman–Crippen LogP) is 1.58. The molecule has 0 saturated carbocycles. The average molecular weight is 158 g/mol. The van der Waals surface area contributed by atoms with Crippen LogP contribution < -0.4 is 10.6 Å². The Labute approximate surface area is 70.8 Å². The Morgan fingerprint density at radius 3 is 1.73 bits per heavy atom. The summed E-state index contributed by atoms with van der Waals surface area (Å²) in [5.74, 6) is 0.720. The molecule has 68 valence electrons. The van der Waals surface area contributed by atoms with Crippen LogP contribution in [-0.4, -0.2) is 19.3 Å². The standard InChI is InChI=1S/C6H14N2.C3H8/c1-5(2)6-7-3-4-8-6;1-3-2/h5-8H,3-4H2,1-2H3;3H2,1-2H3. The molecule has 0 amide bonds. The maximum absolute atomic E-state index is 3.34. The lowest BCUT2D eigenvalue weighted by atomic mass is 10.2. The number of rotatable bonds is 1. The second-order valence-electron chi connectivity index (χ2n) is 3.34. The third-order valence-electron chi connectivity index (χ3n) is 1.52. The van der Waals surface area contributed by atoms with Crippen LogP contribution in [0.2, 0.25) is 0 Å². The molecular weight excluding hydrogens is 136 g/mol. The Morgan fingerprint density at radius 2 is 1.55 bits per heavy atom. The largest absolute Gasteiger partial charge is 0.300 e. The molecule has 0 aromatic heterocycles. The molecular formula is C9H22N2. The van der Waals surface area contributed by atoms with Crippen LogP contribution in [0.25, 0.3) is 0 Å². The average Bonchev–Trinajstić information content (AvgIpc) is 2.38. The molecule has 0 aliphatic carbocycles.